The van der Waals surface area contributed by atoms with Gasteiger partial charge in [-0.2, -0.15) is 0 Å². The first-order valence-corrected chi connectivity index (χ1v) is 9.69. The van der Waals surface area contributed by atoms with Gasteiger partial charge in [0.1, 0.15) is 6.10 Å². The van der Waals surface area contributed by atoms with Crippen molar-refractivity contribution in [3.8, 4) is 0 Å². The van der Waals surface area contributed by atoms with Crippen molar-refractivity contribution in [3.05, 3.63) is 51.2 Å². The molecule has 1 atom stereocenters. The molecule has 0 unspecified atom stereocenters. The molecule has 0 radical (unpaired) electrons. The Kier molecular flexibility index (Phi) is 6.28. The summed E-state index contributed by atoms with van der Waals surface area (Å²) in [5, 5.41) is 16.4. The van der Waals surface area contributed by atoms with Crippen molar-refractivity contribution >= 4 is 17.7 Å². The molecule has 2 aliphatic rings. The van der Waals surface area contributed by atoms with Gasteiger partial charge >= 0.3 is 12.0 Å². The van der Waals surface area contributed by atoms with Crippen LogP contribution in [0, 0.1) is 10.1 Å². The molecule has 150 valence electrons. The SMILES string of the molecule is CC1=C(C(=O)OC2CCCCCCC2)[C@H](c2cccc([N+](=O)[O-])c2)NC(=O)N1. The van der Waals surface area contributed by atoms with Gasteiger partial charge in [0.05, 0.1) is 16.5 Å². The normalized spacial score (nSPS) is 21.2. The second kappa shape index (κ2) is 8.86. The Morgan fingerprint density at radius 2 is 1.86 bits per heavy atom. The number of rotatable bonds is 4. The van der Waals surface area contributed by atoms with E-state index in [1.54, 1.807) is 13.0 Å². The maximum absolute atomic E-state index is 13.0. The van der Waals surface area contributed by atoms with Crippen LogP contribution in [0.2, 0.25) is 0 Å². The summed E-state index contributed by atoms with van der Waals surface area (Å²) >= 11 is 0. The van der Waals surface area contributed by atoms with Gasteiger partial charge in [0.15, 0.2) is 0 Å². The summed E-state index contributed by atoms with van der Waals surface area (Å²) in [6, 6.07) is 4.67. The Bertz CT molecular complexity index is 797. The topological polar surface area (TPSA) is 111 Å². The lowest BCUT2D eigenvalue weighted by Crippen LogP contribution is -2.45. The highest BCUT2D eigenvalue weighted by molar-refractivity contribution is 5.95. The van der Waals surface area contributed by atoms with Gasteiger partial charge in [-0.25, -0.2) is 9.59 Å². The number of urea groups is 1. The van der Waals surface area contributed by atoms with Crippen LogP contribution in [0.25, 0.3) is 0 Å². The molecular weight excluding hydrogens is 362 g/mol. The summed E-state index contributed by atoms with van der Waals surface area (Å²) in [4.78, 5) is 35.6. The van der Waals surface area contributed by atoms with E-state index in [9.17, 15) is 19.7 Å². The molecule has 0 spiro atoms. The number of nitrogens with zero attached hydrogens (tertiary/aromatic N) is 1. The fraction of sp³-hybridized carbons (Fsp3) is 0.500. The van der Waals surface area contributed by atoms with Gasteiger partial charge in [0.2, 0.25) is 0 Å². The number of allylic oxidation sites excluding steroid dienone is 1. The van der Waals surface area contributed by atoms with Crippen LogP contribution in [0.5, 0.6) is 0 Å². The number of nitrogens with one attached hydrogen (secondary N) is 2. The third-order valence-corrected chi connectivity index (χ3v) is 5.23. The van der Waals surface area contributed by atoms with E-state index in [1.807, 2.05) is 0 Å². The lowest BCUT2D eigenvalue weighted by molar-refractivity contribution is -0.384. The highest BCUT2D eigenvalue weighted by Crippen LogP contribution is 2.31. The van der Waals surface area contributed by atoms with Crippen LogP contribution in [-0.2, 0) is 9.53 Å². The smallest absolute Gasteiger partial charge is 0.338 e. The highest BCUT2D eigenvalue weighted by atomic mass is 16.6. The van der Waals surface area contributed by atoms with E-state index in [1.165, 1.54) is 24.6 Å². The summed E-state index contributed by atoms with van der Waals surface area (Å²) < 4.78 is 5.78. The summed E-state index contributed by atoms with van der Waals surface area (Å²) in [6.07, 6.45) is 7.08. The van der Waals surface area contributed by atoms with E-state index in [2.05, 4.69) is 10.6 Å². The van der Waals surface area contributed by atoms with Crippen LogP contribution >= 0.6 is 0 Å². The Labute approximate surface area is 163 Å². The van der Waals surface area contributed by atoms with E-state index in [0.717, 1.165) is 38.5 Å². The van der Waals surface area contributed by atoms with Crippen molar-refractivity contribution in [1.29, 1.82) is 0 Å². The summed E-state index contributed by atoms with van der Waals surface area (Å²) in [7, 11) is 0. The molecule has 3 rings (SSSR count). The van der Waals surface area contributed by atoms with Crippen LogP contribution in [-0.4, -0.2) is 23.0 Å². The number of esters is 1. The number of nitro groups is 1. The van der Waals surface area contributed by atoms with Gasteiger partial charge in [-0.3, -0.25) is 10.1 Å². The van der Waals surface area contributed by atoms with Gasteiger partial charge in [-0.15, -0.1) is 0 Å². The van der Waals surface area contributed by atoms with E-state index in [4.69, 9.17) is 4.74 Å². The van der Waals surface area contributed by atoms with E-state index < -0.39 is 23.0 Å². The number of nitro benzene ring substituents is 1. The molecule has 1 aliphatic carbocycles. The number of carbonyl (C=O) groups excluding carboxylic acids is 2. The fourth-order valence-corrected chi connectivity index (χ4v) is 3.78. The first kappa shape index (κ1) is 19.9. The monoisotopic (exact) mass is 387 g/mol. The molecular formula is C20H25N3O5. The van der Waals surface area contributed by atoms with Crippen molar-refractivity contribution in [3.63, 3.8) is 0 Å². The number of carbonyl (C=O) groups is 2. The van der Waals surface area contributed by atoms with Crippen molar-refractivity contribution in [2.24, 2.45) is 0 Å². The Morgan fingerprint density at radius 1 is 1.18 bits per heavy atom. The molecule has 2 N–H and O–H groups in total. The largest absolute Gasteiger partial charge is 0.459 e. The minimum atomic E-state index is -0.797. The summed E-state index contributed by atoms with van der Waals surface area (Å²) in [5.41, 5.74) is 1.04. The van der Waals surface area contributed by atoms with Gasteiger partial charge in [0.25, 0.3) is 5.69 Å². The van der Waals surface area contributed by atoms with Gasteiger partial charge in [-0.05, 0) is 38.2 Å². The molecule has 8 heteroatoms. The first-order valence-electron chi connectivity index (χ1n) is 9.69. The number of amides is 2. The van der Waals surface area contributed by atoms with E-state index in [-0.39, 0.29) is 17.4 Å². The van der Waals surface area contributed by atoms with Crippen molar-refractivity contribution < 1.29 is 19.2 Å². The zero-order valence-corrected chi connectivity index (χ0v) is 15.9. The minimum Gasteiger partial charge on any atom is -0.459 e. The van der Waals surface area contributed by atoms with Crippen molar-refractivity contribution in [1.82, 2.24) is 10.6 Å². The lowest BCUT2D eigenvalue weighted by atomic mass is 9.94. The zero-order valence-electron chi connectivity index (χ0n) is 15.9. The average Bonchev–Trinajstić information content (AvgIpc) is 2.63. The Morgan fingerprint density at radius 3 is 2.54 bits per heavy atom. The zero-order chi connectivity index (χ0) is 20.1. The number of hydrogen-bond acceptors (Lipinski definition) is 5. The van der Waals surface area contributed by atoms with E-state index in [0.29, 0.717) is 11.3 Å². The molecule has 1 heterocycles. The Hall–Kier alpha value is -2.90. The third-order valence-electron chi connectivity index (χ3n) is 5.23. The van der Waals surface area contributed by atoms with Gasteiger partial charge in [0, 0.05) is 17.8 Å². The van der Waals surface area contributed by atoms with Gasteiger partial charge < -0.3 is 15.4 Å². The van der Waals surface area contributed by atoms with Crippen LogP contribution in [0.3, 0.4) is 0 Å². The second-order valence-electron chi connectivity index (χ2n) is 7.29. The molecule has 28 heavy (non-hydrogen) atoms. The standard InChI is InChI=1S/C20H25N3O5/c1-13-17(19(24)28-16-10-5-3-2-4-6-11-16)18(22-20(25)21-13)14-8-7-9-15(12-14)23(26)27/h7-9,12,16,18H,2-6,10-11H2,1H3,(H2,21,22,25)/t18-/m0/s1. The fourth-order valence-electron chi connectivity index (χ4n) is 3.78. The van der Waals surface area contributed by atoms with Crippen LogP contribution in [0.15, 0.2) is 35.5 Å². The molecule has 1 aliphatic heterocycles. The van der Waals surface area contributed by atoms with Crippen LogP contribution in [0.1, 0.15) is 63.5 Å². The molecule has 0 saturated heterocycles. The molecule has 1 fully saturated rings. The third kappa shape index (κ3) is 4.68. The van der Waals surface area contributed by atoms with E-state index >= 15 is 0 Å². The molecule has 1 saturated carbocycles. The number of hydrogen-bond donors (Lipinski definition) is 2. The highest BCUT2D eigenvalue weighted by Gasteiger charge is 2.34. The minimum absolute atomic E-state index is 0.101. The molecule has 0 bridgehead atoms. The summed E-state index contributed by atoms with van der Waals surface area (Å²) in [5.74, 6) is -0.493. The number of non-ortho nitro benzene ring substituents is 1. The van der Waals surface area contributed by atoms with Crippen LogP contribution < -0.4 is 10.6 Å². The average molecular weight is 387 g/mol. The number of ether oxygens (including phenoxy) is 1. The predicted molar refractivity (Wildman–Crippen MR) is 102 cm³/mol. The molecule has 2 amide bonds. The first-order chi connectivity index (χ1) is 13.5. The Balaban J connectivity index is 1.85. The maximum atomic E-state index is 13.0. The van der Waals surface area contributed by atoms with Crippen molar-refractivity contribution in [2.75, 3.05) is 0 Å². The maximum Gasteiger partial charge on any atom is 0.338 e. The van der Waals surface area contributed by atoms with Crippen LogP contribution in [0.4, 0.5) is 10.5 Å². The quantitative estimate of drug-likeness (QED) is 0.463. The second-order valence-corrected chi connectivity index (χ2v) is 7.29. The number of benzene rings is 1. The van der Waals surface area contributed by atoms with Gasteiger partial charge in [-0.1, -0.05) is 31.4 Å². The predicted octanol–water partition coefficient (Wildman–Crippen LogP) is 3.88. The van der Waals surface area contributed by atoms with Crippen molar-refractivity contribution in [2.45, 2.75) is 64.0 Å². The molecule has 1 aromatic carbocycles. The lowest BCUT2D eigenvalue weighted by Gasteiger charge is -2.29. The molecule has 8 nitrogen and oxygen atoms in total. The molecule has 0 aromatic heterocycles. The summed E-state index contributed by atoms with van der Waals surface area (Å²) in [6.45, 7) is 1.64. The molecule has 1 aromatic rings.